The van der Waals surface area contributed by atoms with Gasteiger partial charge in [-0.2, -0.15) is 4.98 Å². The van der Waals surface area contributed by atoms with Crippen molar-refractivity contribution < 1.29 is 42.5 Å². The summed E-state index contributed by atoms with van der Waals surface area (Å²) >= 11 is 2.98. The molecule has 71 heavy (non-hydrogen) atoms. The Morgan fingerprint density at radius 3 is 1.90 bits per heavy atom. The molecular weight excluding hydrogens is 958 g/mol. The highest BCUT2D eigenvalue weighted by atomic mass is 32.7. The largest absolute Gasteiger partial charge is 0.497 e. The molecule has 1 aromatic heterocycles. The van der Waals surface area contributed by atoms with Gasteiger partial charge in [0, 0.05) is 49.0 Å². The van der Waals surface area contributed by atoms with Crippen molar-refractivity contribution in [1.82, 2.24) is 14.2 Å². The van der Waals surface area contributed by atoms with E-state index in [-0.39, 0.29) is 37.1 Å². The predicted molar refractivity (Wildman–Crippen MR) is 280 cm³/mol. The first-order valence-corrected chi connectivity index (χ1v) is 27.5. The van der Waals surface area contributed by atoms with Crippen molar-refractivity contribution in [3.8, 4) is 11.5 Å². The van der Waals surface area contributed by atoms with Crippen LogP contribution in [0.1, 0.15) is 67.7 Å². The van der Waals surface area contributed by atoms with Crippen LogP contribution < -0.4 is 15.2 Å². The van der Waals surface area contributed by atoms with E-state index >= 15 is 0 Å². The highest BCUT2D eigenvalue weighted by Gasteiger charge is 2.51. The number of benzene rings is 5. The molecule has 5 atom stereocenters. The van der Waals surface area contributed by atoms with Gasteiger partial charge < -0.3 is 32.9 Å². The Bertz CT molecular complexity index is 2650. The Morgan fingerprint density at radius 2 is 1.31 bits per heavy atom. The summed E-state index contributed by atoms with van der Waals surface area (Å²) in [6.07, 6.45) is 0.261. The standard InChI is InChI=1S/C55H60N3O10PS2/c1-39-37-58(54(61)56-47(39)36-48(59)40-16-8-5-9-17-40)52-51(65-33-32-62-2)50(68-69(57-30-14-15-31-57)71-35-34-70-53(60)41-18-10-6-11-19-41)49(67-52)38-66-55(42-20-12-7-13-21-42,43-22-26-45(63-3)27-23-43)44-24-28-46(64-4)29-25-44/h5-13,16-29,37,49-52H,14-15,30-36,38H2,1-4H3/t49-,50+,51?,52-,69?/m1/s1. The molecule has 372 valence electrons. The Hall–Kier alpha value is -5.19. The third-order valence-corrected chi connectivity index (χ3v) is 17.7. The van der Waals surface area contributed by atoms with E-state index in [1.165, 1.54) is 16.3 Å². The summed E-state index contributed by atoms with van der Waals surface area (Å²) in [5.41, 5.74) is 2.98. The molecule has 16 heteroatoms. The van der Waals surface area contributed by atoms with Crippen LogP contribution in [0.15, 0.2) is 151 Å². The summed E-state index contributed by atoms with van der Waals surface area (Å²) in [6.45, 7) is 3.97. The van der Waals surface area contributed by atoms with Crippen LogP contribution in [0.2, 0.25) is 0 Å². The van der Waals surface area contributed by atoms with Crippen LogP contribution in [-0.4, -0.2) is 109 Å². The topological polar surface area (TPSA) is 137 Å². The number of aromatic nitrogens is 2. The fourth-order valence-corrected chi connectivity index (χ4v) is 14.1. The van der Waals surface area contributed by atoms with Crippen molar-refractivity contribution in [3.05, 3.63) is 195 Å². The van der Waals surface area contributed by atoms with E-state index in [9.17, 15) is 14.4 Å². The van der Waals surface area contributed by atoms with E-state index in [1.54, 1.807) is 51.0 Å². The molecule has 6 aromatic rings. The van der Waals surface area contributed by atoms with Crippen molar-refractivity contribution in [2.24, 2.45) is 0 Å². The SMILES string of the molecule is COCCOC1[C@@H](OP(SCCSC(=O)c2ccccc2)N2CCCC2)[C@@H](COC(c2ccccc2)(c2ccc(OC)cc2)c2ccc(OC)cc2)O[C@H]1n1cc(C)c(CC(=O)c2ccccc2)nc1=O. The first kappa shape index (κ1) is 52.1. The van der Waals surface area contributed by atoms with Crippen molar-refractivity contribution in [1.29, 1.82) is 0 Å². The van der Waals surface area contributed by atoms with Crippen molar-refractivity contribution in [2.45, 2.75) is 56.3 Å². The second-order valence-corrected chi connectivity index (χ2v) is 21.7. The normalized spacial score (nSPS) is 18.6. The number of nitrogens with zero attached hydrogens (tertiary/aromatic N) is 3. The van der Waals surface area contributed by atoms with Crippen molar-refractivity contribution >= 4 is 41.5 Å². The van der Waals surface area contributed by atoms with Crippen LogP contribution in [0, 0.1) is 6.92 Å². The van der Waals surface area contributed by atoms with Crippen LogP contribution in [-0.2, 0) is 35.5 Å². The lowest BCUT2D eigenvalue weighted by molar-refractivity contribution is -0.0990. The van der Waals surface area contributed by atoms with Gasteiger partial charge in [0.05, 0.1) is 46.2 Å². The minimum absolute atomic E-state index is 0.0155. The Kier molecular flexibility index (Phi) is 18.7. The van der Waals surface area contributed by atoms with Crippen LogP contribution in [0.5, 0.6) is 11.5 Å². The number of ketones is 1. The van der Waals surface area contributed by atoms with E-state index in [0.29, 0.717) is 45.4 Å². The maximum atomic E-state index is 14.4. The van der Waals surface area contributed by atoms with E-state index in [2.05, 4.69) is 9.65 Å². The summed E-state index contributed by atoms with van der Waals surface area (Å²) in [5.74, 6) is 2.47. The van der Waals surface area contributed by atoms with Crippen molar-refractivity contribution in [2.75, 3.05) is 65.7 Å². The molecule has 2 unspecified atom stereocenters. The minimum atomic E-state index is -1.34. The smallest absolute Gasteiger partial charge is 0.350 e. The third-order valence-electron chi connectivity index (χ3n) is 12.5. The number of hydrogen-bond acceptors (Lipinski definition) is 14. The third kappa shape index (κ3) is 12.7. The molecule has 0 amide bonds. The van der Waals surface area contributed by atoms with Gasteiger partial charge in [-0.25, -0.2) is 4.79 Å². The quantitative estimate of drug-likeness (QED) is 0.0246. The van der Waals surface area contributed by atoms with Gasteiger partial charge in [-0.15, -0.1) is 0 Å². The summed E-state index contributed by atoms with van der Waals surface area (Å²) in [7, 11) is 3.54. The number of aryl methyl sites for hydroxylation is 1. The molecule has 0 bridgehead atoms. The van der Waals surface area contributed by atoms with Gasteiger partial charge >= 0.3 is 5.69 Å². The number of ether oxygens (including phenoxy) is 6. The van der Waals surface area contributed by atoms with Gasteiger partial charge in [-0.3, -0.25) is 18.8 Å². The monoisotopic (exact) mass is 1020 g/mol. The molecular formula is C55H60N3O10PS2. The van der Waals surface area contributed by atoms with Crippen LogP contribution >= 0.6 is 30.6 Å². The lowest BCUT2D eigenvalue weighted by Gasteiger charge is -2.38. The van der Waals surface area contributed by atoms with E-state index in [0.717, 1.165) is 42.6 Å². The minimum Gasteiger partial charge on any atom is -0.497 e. The first-order chi connectivity index (χ1) is 34.7. The zero-order valence-electron chi connectivity index (χ0n) is 40.4. The highest BCUT2D eigenvalue weighted by molar-refractivity contribution is 8.53. The molecule has 8 rings (SSSR count). The number of hydrogen-bond donors (Lipinski definition) is 0. The number of methoxy groups -OCH3 is 3. The van der Waals surface area contributed by atoms with Crippen LogP contribution in [0.3, 0.4) is 0 Å². The maximum Gasteiger partial charge on any atom is 0.350 e. The molecule has 0 aliphatic carbocycles. The molecule has 2 saturated heterocycles. The molecule has 0 saturated carbocycles. The molecule has 2 aliphatic heterocycles. The zero-order valence-corrected chi connectivity index (χ0v) is 43.0. The van der Waals surface area contributed by atoms with Gasteiger partial charge in [0.15, 0.2) is 19.5 Å². The van der Waals surface area contributed by atoms with Gasteiger partial charge in [0.25, 0.3) is 0 Å². The maximum absolute atomic E-state index is 14.4. The summed E-state index contributed by atoms with van der Waals surface area (Å²) < 4.78 is 49.3. The van der Waals surface area contributed by atoms with Gasteiger partial charge in [0.2, 0.25) is 5.12 Å². The molecule has 5 aromatic carbocycles. The number of thioether (sulfide) groups is 1. The number of carbonyl (C=O) groups excluding carboxylic acids is 2. The van der Waals surface area contributed by atoms with Gasteiger partial charge in [0.1, 0.15) is 35.4 Å². The Balaban J connectivity index is 1.18. The lowest BCUT2D eigenvalue weighted by Crippen LogP contribution is -2.42. The molecule has 0 N–H and O–H groups in total. The average molecular weight is 1020 g/mol. The summed E-state index contributed by atoms with van der Waals surface area (Å²) in [6, 6.07) is 44.0. The second-order valence-electron chi connectivity index (χ2n) is 17.0. The Labute approximate surface area is 425 Å². The Morgan fingerprint density at radius 1 is 0.732 bits per heavy atom. The molecule has 2 fully saturated rings. The number of rotatable bonds is 24. The number of carbonyl (C=O) groups is 2. The summed E-state index contributed by atoms with van der Waals surface area (Å²) in [4.78, 5) is 45.4. The average Bonchev–Trinajstić information content (AvgIpc) is 4.08. The van der Waals surface area contributed by atoms with Gasteiger partial charge in [-0.05, 0) is 66.3 Å². The number of Topliss-reactive ketones (excluding diaryl/α,β-unsaturated/α-hetero) is 1. The fraction of sp³-hybridized carbons (Fsp3) is 0.345. The molecule has 13 nitrogen and oxygen atoms in total. The molecule has 3 heterocycles. The van der Waals surface area contributed by atoms with E-state index in [4.69, 9.17) is 32.9 Å². The van der Waals surface area contributed by atoms with Crippen LogP contribution in [0.4, 0.5) is 0 Å². The second kappa shape index (κ2) is 25.5. The van der Waals surface area contributed by atoms with Crippen LogP contribution in [0.25, 0.3) is 0 Å². The summed E-state index contributed by atoms with van der Waals surface area (Å²) in [5, 5.41) is 0.0221. The molecule has 0 spiro atoms. The highest BCUT2D eigenvalue weighted by Crippen LogP contribution is 2.58. The van der Waals surface area contributed by atoms with Gasteiger partial charge in [-0.1, -0.05) is 138 Å². The van der Waals surface area contributed by atoms with Crippen molar-refractivity contribution in [3.63, 3.8) is 0 Å². The lowest BCUT2D eigenvalue weighted by atomic mass is 9.80. The van der Waals surface area contributed by atoms with E-state index in [1.807, 2.05) is 134 Å². The predicted octanol–water partition coefficient (Wildman–Crippen LogP) is 9.95. The fourth-order valence-electron chi connectivity index (χ4n) is 8.81. The van der Waals surface area contributed by atoms with E-state index < -0.39 is 43.3 Å². The zero-order chi connectivity index (χ0) is 49.6. The first-order valence-electron chi connectivity index (χ1n) is 23.7. The molecule has 2 aliphatic rings. The molecule has 0 radical (unpaired) electrons.